The number of nitrogens with zero attached hydrogens (tertiary/aromatic N) is 2. The third kappa shape index (κ3) is 4.84. The first-order chi connectivity index (χ1) is 9.85. The van der Waals surface area contributed by atoms with Crippen LogP contribution in [0.4, 0.5) is 5.69 Å². The van der Waals surface area contributed by atoms with Gasteiger partial charge in [0.1, 0.15) is 5.75 Å². The summed E-state index contributed by atoms with van der Waals surface area (Å²) >= 11 is 1.70. The maximum Gasteiger partial charge on any atom is 0.232 e. The molecule has 5 heteroatoms. The molecule has 0 atom stereocenters. The molecular formula is C16H24N2O2S. The van der Waals surface area contributed by atoms with Crippen LogP contribution < -0.4 is 4.90 Å². The zero-order valence-corrected chi connectivity index (χ0v) is 13.8. The highest BCUT2D eigenvalue weighted by molar-refractivity contribution is 8.01. The monoisotopic (exact) mass is 308 g/mol. The molecule has 1 fully saturated rings. The molecule has 1 aliphatic heterocycles. The quantitative estimate of drug-likeness (QED) is 0.932. The Morgan fingerprint density at radius 3 is 2.24 bits per heavy atom. The van der Waals surface area contributed by atoms with Gasteiger partial charge in [0, 0.05) is 36.6 Å². The number of anilines is 1. The van der Waals surface area contributed by atoms with Gasteiger partial charge in [-0.3, -0.25) is 4.79 Å². The number of amides is 1. The second kappa shape index (κ2) is 6.60. The minimum Gasteiger partial charge on any atom is -0.508 e. The summed E-state index contributed by atoms with van der Waals surface area (Å²) in [5.41, 5.74) is 1.10. The number of piperazine rings is 1. The van der Waals surface area contributed by atoms with Crippen LogP contribution in [0.5, 0.6) is 5.75 Å². The minimum atomic E-state index is 0.128. The topological polar surface area (TPSA) is 43.8 Å². The van der Waals surface area contributed by atoms with Crippen molar-refractivity contribution in [1.82, 2.24) is 4.90 Å². The zero-order valence-electron chi connectivity index (χ0n) is 13.0. The van der Waals surface area contributed by atoms with Crippen molar-refractivity contribution in [3.63, 3.8) is 0 Å². The molecule has 0 saturated carbocycles. The van der Waals surface area contributed by atoms with Gasteiger partial charge in [0.2, 0.25) is 5.91 Å². The van der Waals surface area contributed by atoms with Gasteiger partial charge in [-0.25, -0.2) is 0 Å². The van der Waals surface area contributed by atoms with Crippen molar-refractivity contribution in [3.8, 4) is 5.75 Å². The number of hydrogen-bond donors (Lipinski definition) is 1. The molecule has 0 spiro atoms. The Morgan fingerprint density at radius 2 is 1.71 bits per heavy atom. The van der Waals surface area contributed by atoms with Crippen molar-refractivity contribution >= 4 is 23.4 Å². The predicted octanol–water partition coefficient (Wildman–Crippen LogP) is 2.57. The number of carbonyl (C=O) groups is 1. The van der Waals surface area contributed by atoms with Crippen LogP contribution in [0.1, 0.15) is 20.8 Å². The van der Waals surface area contributed by atoms with Crippen LogP contribution in [0.15, 0.2) is 24.3 Å². The van der Waals surface area contributed by atoms with E-state index in [0.717, 1.165) is 31.9 Å². The molecule has 1 saturated heterocycles. The number of phenolic OH excluding ortho intramolecular Hbond substituents is 1. The molecule has 2 rings (SSSR count). The molecule has 1 heterocycles. The highest BCUT2D eigenvalue weighted by atomic mass is 32.2. The second-order valence-corrected chi connectivity index (χ2v) is 8.09. The van der Waals surface area contributed by atoms with E-state index in [-0.39, 0.29) is 16.4 Å². The summed E-state index contributed by atoms with van der Waals surface area (Å²) in [6, 6.07) is 7.24. The largest absolute Gasteiger partial charge is 0.508 e. The van der Waals surface area contributed by atoms with Gasteiger partial charge in [-0.15, -0.1) is 11.8 Å². The van der Waals surface area contributed by atoms with E-state index in [4.69, 9.17) is 0 Å². The van der Waals surface area contributed by atoms with Crippen molar-refractivity contribution in [2.75, 3.05) is 36.8 Å². The Bertz CT molecular complexity index is 474. The Hall–Kier alpha value is -1.36. The van der Waals surface area contributed by atoms with E-state index >= 15 is 0 Å². The summed E-state index contributed by atoms with van der Waals surface area (Å²) in [4.78, 5) is 16.4. The Balaban J connectivity index is 1.82. The van der Waals surface area contributed by atoms with Crippen molar-refractivity contribution in [3.05, 3.63) is 24.3 Å². The number of aromatic hydroxyl groups is 1. The molecule has 0 aliphatic carbocycles. The normalized spacial score (nSPS) is 16.1. The summed E-state index contributed by atoms with van der Waals surface area (Å²) < 4.78 is 0.128. The van der Waals surface area contributed by atoms with E-state index in [9.17, 15) is 9.90 Å². The predicted molar refractivity (Wildman–Crippen MR) is 89.1 cm³/mol. The number of thioether (sulfide) groups is 1. The summed E-state index contributed by atoms with van der Waals surface area (Å²) in [6.07, 6.45) is 0. The Morgan fingerprint density at radius 1 is 1.14 bits per heavy atom. The Kier molecular flexibility index (Phi) is 5.04. The molecule has 1 aromatic carbocycles. The molecule has 0 aromatic heterocycles. The number of hydrogen-bond acceptors (Lipinski definition) is 4. The maximum absolute atomic E-state index is 12.2. The van der Waals surface area contributed by atoms with Gasteiger partial charge in [0.05, 0.1) is 5.75 Å². The third-order valence-corrected chi connectivity index (χ3v) is 4.73. The average molecular weight is 308 g/mol. The first-order valence-electron chi connectivity index (χ1n) is 7.31. The molecule has 21 heavy (non-hydrogen) atoms. The van der Waals surface area contributed by atoms with Crippen LogP contribution >= 0.6 is 11.8 Å². The number of phenols is 1. The van der Waals surface area contributed by atoms with E-state index in [0.29, 0.717) is 5.75 Å². The second-order valence-electron chi connectivity index (χ2n) is 6.29. The lowest BCUT2D eigenvalue weighted by Gasteiger charge is -2.36. The van der Waals surface area contributed by atoms with Crippen molar-refractivity contribution < 1.29 is 9.90 Å². The molecule has 0 unspecified atom stereocenters. The zero-order chi connectivity index (χ0) is 15.5. The fourth-order valence-electron chi connectivity index (χ4n) is 2.25. The Labute approximate surface area is 131 Å². The smallest absolute Gasteiger partial charge is 0.232 e. The minimum absolute atomic E-state index is 0.128. The van der Waals surface area contributed by atoms with Crippen LogP contribution in [0, 0.1) is 0 Å². The van der Waals surface area contributed by atoms with Gasteiger partial charge in [-0.05, 0) is 24.3 Å². The van der Waals surface area contributed by atoms with Crippen LogP contribution in [-0.4, -0.2) is 52.6 Å². The summed E-state index contributed by atoms with van der Waals surface area (Å²) in [7, 11) is 0. The highest BCUT2D eigenvalue weighted by Crippen LogP contribution is 2.24. The maximum atomic E-state index is 12.2. The first-order valence-corrected chi connectivity index (χ1v) is 8.29. The fraction of sp³-hybridized carbons (Fsp3) is 0.562. The molecule has 1 aliphatic rings. The fourth-order valence-corrected chi connectivity index (χ4v) is 2.99. The first kappa shape index (κ1) is 16.0. The van der Waals surface area contributed by atoms with Crippen LogP contribution in [-0.2, 0) is 4.79 Å². The number of rotatable bonds is 3. The van der Waals surface area contributed by atoms with Gasteiger partial charge >= 0.3 is 0 Å². The van der Waals surface area contributed by atoms with Gasteiger partial charge in [-0.2, -0.15) is 0 Å². The molecular weight excluding hydrogens is 284 g/mol. The molecule has 1 aromatic rings. The van der Waals surface area contributed by atoms with Crippen molar-refractivity contribution in [2.24, 2.45) is 0 Å². The molecule has 4 nitrogen and oxygen atoms in total. The summed E-state index contributed by atoms with van der Waals surface area (Å²) in [6.45, 7) is 9.62. The van der Waals surface area contributed by atoms with E-state index in [1.807, 2.05) is 17.0 Å². The van der Waals surface area contributed by atoms with Crippen LogP contribution in [0.25, 0.3) is 0 Å². The molecule has 1 amide bonds. The summed E-state index contributed by atoms with van der Waals surface area (Å²) in [5.74, 6) is 1.08. The standard InChI is InChI=1S/C16H24N2O2S/c1-16(2,3)21-12-15(20)18-10-8-17(9-11-18)13-4-6-14(19)7-5-13/h4-7,19H,8-12H2,1-3H3. The molecule has 0 bridgehead atoms. The van der Waals surface area contributed by atoms with Crippen molar-refractivity contribution in [1.29, 1.82) is 0 Å². The van der Waals surface area contributed by atoms with E-state index in [1.54, 1.807) is 23.9 Å². The van der Waals surface area contributed by atoms with E-state index in [1.165, 1.54) is 0 Å². The van der Waals surface area contributed by atoms with Crippen LogP contribution in [0.3, 0.4) is 0 Å². The van der Waals surface area contributed by atoms with Gasteiger partial charge < -0.3 is 14.9 Å². The van der Waals surface area contributed by atoms with Crippen molar-refractivity contribution in [2.45, 2.75) is 25.5 Å². The number of carbonyl (C=O) groups excluding carboxylic acids is 1. The summed E-state index contributed by atoms with van der Waals surface area (Å²) in [5, 5.41) is 9.32. The SMILES string of the molecule is CC(C)(C)SCC(=O)N1CCN(c2ccc(O)cc2)CC1. The molecule has 0 radical (unpaired) electrons. The average Bonchev–Trinajstić information content (AvgIpc) is 2.45. The van der Waals surface area contributed by atoms with E-state index < -0.39 is 0 Å². The molecule has 116 valence electrons. The van der Waals surface area contributed by atoms with E-state index in [2.05, 4.69) is 25.7 Å². The van der Waals surface area contributed by atoms with Gasteiger partial charge in [-0.1, -0.05) is 20.8 Å². The lowest BCUT2D eigenvalue weighted by atomic mass is 10.2. The lowest BCUT2D eigenvalue weighted by Crippen LogP contribution is -2.49. The lowest BCUT2D eigenvalue weighted by molar-refractivity contribution is -0.128. The highest BCUT2D eigenvalue weighted by Gasteiger charge is 2.22. The third-order valence-electron chi connectivity index (χ3n) is 3.48. The molecule has 1 N–H and O–H groups in total. The van der Waals surface area contributed by atoms with Gasteiger partial charge in [0.25, 0.3) is 0 Å². The van der Waals surface area contributed by atoms with Gasteiger partial charge in [0.15, 0.2) is 0 Å². The van der Waals surface area contributed by atoms with Crippen LogP contribution in [0.2, 0.25) is 0 Å². The number of benzene rings is 1.